The van der Waals surface area contributed by atoms with E-state index in [0.29, 0.717) is 6.54 Å². The molecule has 0 amide bonds. The number of aromatic nitrogens is 3. The quantitative estimate of drug-likeness (QED) is 0.400. The average molecular weight is 371 g/mol. The molecule has 8 nitrogen and oxygen atoms in total. The summed E-state index contributed by atoms with van der Waals surface area (Å²) in [6.45, 7) is 4.20. The second kappa shape index (κ2) is 7.42. The fourth-order valence-corrected chi connectivity index (χ4v) is 3.70. The standard InChI is InChI=1S/C17H21N7OS/c1-11-9-24-14(13-6-20-21-7-13)8-19-17(24)16(22-11)23-15-4-12(10-26-15)5-18-2-3-25/h4,6,8-10,18,20-21,25H,2-3,5,7H2,1H3,(H,22,23). The summed E-state index contributed by atoms with van der Waals surface area (Å²) in [6, 6.07) is 2.09. The van der Waals surface area contributed by atoms with Crippen LogP contribution in [0.3, 0.4) is 0 Å². The smallest absolute Gasteiger partial charge is 0.180 e. The van der Waals surface area contributed by atoms with Crippen molar-refractivity contribution in [1.29, 1.82) is 0 Å². The molecule has 0 bridgehead atoms. The summed E-state index contributed by atoms with van der Waals surface area (Å²) in [7, 11) is 0. The van der Waals surface area contributed by atoms with Gasteiger partial charge in [0.2, 0.25) is 0 Å². The summed E-state index contributed by atoms with van der Waals surface area (Å²) in [5.41, 5.74) is 11.2. The molecule has 0 spiro atoms. The number of hydrogen-bond acceptors (Lipinski definition) is 8. The van der Waals surface area contributed by atoms with E-state index in [1.165, 1.54) is 5.56 Å². The van der Waals surface area contributed by atoms with Crippen LogP contribution < -0.4 is 21.5 Å². The largest absolute Gasteiger partial charge is 0.395 e. The summed E-state index contributed by atoms with van der Waals surface area (Å²) < 4.78 is 2.07. The zero-order valence-electron chi connectivity index (χ0n) is 14.4. The molecule has 0 saturated carbocycles. The van der Waals surface area contributed by atoms with E-state index in [0.717, 1.165) is 46.5 Å². The van der Waals surface area contributed by atoms with Crippen molar-refractivity contribution in [3.8, 4) is 0 Å². The zero-order chi connectivity index (χ0) is 17.9. The summed E-state index contributed by atoms with van der Waals surface area (Å²) in [5.74, 6) is 0.743. The number of nitrogens with one attached hydrogen (secondary N) is 4. The normalized spacial score (nSPS) is 13.8. The number of anilines is 2. The molecule has 5 N–H and O–H groups in total. The van der Waals surface area contributed by atoms with Gasteiger partial charge in [0.25, 0.3) is 0 Å². The van der Waals surface area contributed by atoms with Crippen LogP contribution in [0.25, 0.3) is 11.2 Å². The number of rotatable bonds is 7. The Bertz CT molecular complexity index is 946. The Kier molecular flexibility index (Phi) is 4.85. The van der Waals surface area contributed by atoms with Gasteiger partial charge in [-0.2, -0.15) is 0 Å². The van der Waals surface area contributed by atoms with Gasteiger partial charge >= 0.3 is 0 Å². The zero-order valence-corrected chi connectivity index (χ0v) is 15.2. The van der Waals surface area contributed by atoms with Gasteiger partial charge < -0.3 is 21.2 Å². The molecule has 136 valence electrons. The van der Waals surface area contributed by atoms with Crippen molar-refractivity contribution in [2.24, 2.45) is 0 Å². The van der Waals surface area contributed by atoms with E-state index in [4.69, 9.17) is 5.11 Å². The van der Waals surface area contributed by atoms with Gasteiger partial charge in [-0.3, -0.25) is 4.40 Å². The maximum atomic E-state index is 8.85. The minimum atomic E-state index is 0.143. The van der Waals surface area contributed by atoms with Gasteiger partial charge in [0.05, 0.1) is 29.2 Å². The van der Waals surface area contributed by atoms with Gasteiger partial charge in [-0.15, -0.1) is 11.3 Å². The van der Waals surface area contributed by atoms with Gasteiger partial charge in [-0.05, 0) is 23.9 Å². The number of hydrogen-bond donors (Lipinski definition) is 5. The third-order valence-corrected chi connectivity index (χ3v) is 4.98. The van der Waals surface area contributed by atoms with Crippen LogP contribution >= 0.6 is 11.3 Å². The first-order valence-corrected chi connectivity index (χ1v) is 9.31. The maximum absolute atomic E-state index is 8.85. The number of aryl methyl sites for hydroxylation is 1. The van der Waals surface area contributed by atoms with Crippen LogP contribution in [0.1, 0.15) is 17.0 Å². The van der Waals surface area contributed by atoms with Crippen LogP contribution in [0.2, 0.25) is 0 Å². The lowest BCUT2D eigenvalue weighted by molar-refractivity contribution is 0.292. The predicted molar refractivity (Wildman–Crippen MR) is 103 cm³/mol. The van der Waals surface area contributed by atoms with Gasteiger partial charge in [-0.1, -0.05) is 0 Å². The first-order valence-electron chi connectivity index (χ1n) is 8.43. The Morgan fingerprint density at radius 2 is 2.35 bits per heavy atom. The van der Waals surface area contributed by atoms with Gasteiger partial charge in [0, 0.05) is 37.6 Å². The highest BCUT2D eigenvalue weighted by molar-refractivity contribution is 7.14. The van der Waals surface area contributed by atoms with E-state index < -0.39 is 0 Å². The highest BCUT2D eigenvalue weighted by atomic mass is 32.1. The molecule has 3 aromatic heterocycles. The van der Waals surface area contributed by atoms with Gasteiger partial charge in [-0.25, -0.2) is 15.4 Å². The van der Waals surface area contributed by atoms with E-state index in [2.05, 4.69) is 47.3 Å². The lowest BCUT2D eigenvalue weighted by Crippen LogP contribution is -2.20. The van der Waals surface area contributed by atoms with Crippen LogP contribution in [-0.2, 0) is 6.54 Å². The molecule has 1 aliphatic heterocycles. The first-order chi connectivity index (χ1) is 12.7. The van der Waals surface area contributed by atoms with Crippen molar-refractivity contribution in [3.05, 3.63) is 47.0 Å². The molecule has 0 atom stereocenters. The Morgan fingerprint density at radius 1 is 1.42 bits per heavy atom. The number of nitrogens with zero attached hydrogens (tertiary/aromatic N) is 3. The fraction of sp³-hybridized carbons (Fsp3) is 0.294. The Morgan fingerprint density at radius 3 is 3.15 bits per heavy atom. The van der Waals surface area contributed by atoms with Crippen molar-refractivity contribution in [2.75, 3.05) is 25.0 Å². The number of fused-ring (bicyclic) bond motifs is 1. The van der Waals surface area contributed by atoms with Crippen LogP contribution in [0.5, 0.6) is 0 Å². The molecule has 26 heavy (non-hydrogen) atoms. The van der Waals surface area contributed by atoms with Crippen molar-refractivity contribution in [1.82, 2.24) is 30.5 Å². The average Bonchev–Trinajstić information content (AvgIpc) is 3.35. The lowest BCUT2D eigenvalue weighted by atomic mass is 10.2. The van der Waals surface area contributed by atoms with Crippen molar-refractivity contribution in [3.63, 3.8) is 0 Å². The Balaban J connectivity index is 1.60. The molecule has 0 aliphatic carbocycles. The van der Waals surface area contributed by atoms with E-state index in [9.17, 15) is 0 Å². The molecule has 1 aliphatic rings. The van der Waals surface area contributed by atoms with E-state index in [-0.39, 0.29) is 6.61 Å². The molecule has 4 rings (SSSR count). The van der Waals surface area contributed by atoms with Crippen LogP contribution in [0.4, 0.5) is 10.8 Å². The molecule has 3 aromatic rings. The highest BCUT2D eigenvalue weighted by Crippen LogP contribution is 2.27. The van der Waals surface area contributed by atoms with Gasteiger partial charge in [0.15, 0.2) is 11.5 Å². The van der Waals surface area contributed by atoms with E-state index >= 15 is 0 Å². The summed E-state index contributed by atoms with van der Waals surface area (Å²) in [4.78, 5) is 9.21. The van der Waals surface area contributed by atoms with Crippen molar-refractivity contribution in [2.45, 2.75) is 13.5 Å². The molecule has 0 unspecified atom stereocenters. The molecular formula is C17H21N7OS. The van der Waals surface area contributed by atoms with E-state index in [1.807, 2.05) is 25.5 Å². The summed E-state index contributed by atoms with van der Waals surface area (Å²) >= 11 is 1.63. The maximum Gasteiger partial charge on any atom is 0.180 e. The number of aliphatic hydroxyl groups excluding tert-OH is 1. The molecule has 0 saturated heterocycles. The highest BCUT2D eigenvalue weighted by Gasteiger charge is 2.15. The molecule has 0 aromatic carbocycles. The predicted octanol–water partition coefficient (Wildman–Crippen LogP) is 1.37. The topological polar surface area (TPSA) is 98.5 Å². The second-order valence-corrected chi connectivity index (χ2v) is 6.99. The monoisotopic (exact) mass is 371 g/mol. The SMILES string of the molecule is Cc1cn2c(C3=CNNC3)cnc2c(Nc2cc(CNCCO)cs2)n1. The Hall–Kier alpha value is -2.46. The minimum absolute atomic E-state index is 0.143. The number of thiophene rings is 1. The number of aliphatic hydroxyl groups is 1. The lowest BCUT2D eigenvalue weighted by Gasteiger charge is -2.08. The second-order valence-electron chi connectivity index (χ2n) is 6.08. The molecule has 0 radical (unpaired) electrons. The summed E-state index contributed by atoms with van der Waals surface area (Å²) in [6.07, 6.45) is 5.83. The number of hydrazine groups is 1. The summed E-state index contributed by atoms with van der Waals surface area (Å²) in [5, 5.41) is 18.5. The number of imidazole rings is 1. The van der Waals surface area contributed by atoms with Crippen molar-refractivity contribution >= 4 is 33.4 Å². The first kappa shape index (κ1) is 17.0. The third kappa shape index (κ3) is 3.42. The Labute approximate surface area is 155 Å². The molecule has 0 fully saturated rings. The molecule has 9 heteroatoms. The fourth-order valence-electron chi connectivity index (χ4n) is 2.89. The minimum Gasteiger partial charge on any atom is -0.395 e. The van der Waals surface area contributed by atoms with Crippen LogP contribution in [-0.4, -0.2) is 39.2 Å². The van der Waals surface area contributed by atoms with Crippen LogP contribution in [0.15, 0.2) is 30.0 Å². The van der Waals surface area contributed by atoms with E-state index in [1.54, 1.807) is 11.3 Å². The van der Waals surface area contributed by atoms with Gasteiger partial charge in [0.1, 0.15) is 0 Å². The van der Waals surface area contributed by atoms with Crippen molar-refractivity contribution < 1.29 is 5.11 Å². The van der Waals surface area contributed by atoms with Crippen LogP contribution in [0, 0.1) is 6.92 Å². The molecule has 4 heterocycles. The third-order valence-electron chi connectivity index (χ3n) is 4.08. The molecular weight excluding hydrogens is 350 g/mol.